The van der Waals surface area contributed by atoms with E-state index < -0.39 is 19.8 Å². The number of rotatable bonds is 18. The van der Waals surface area contributed by atoms with Crippen LogP contribution in [-0.4, -0.2) is 33.8 Å². The lowest BCUT2D eigenvalue weighted by molar-refractivity contribution is -0.124. The minimum Gasteiger partial charge on any atom is -0.404 e. The average Bonchev–Trinajstić information content (AvgIpc) is 3.05. The molecule has 1 amide bonds. The number of amides is 1. The van der Waals surface area contributed by atoms with Gasteiger partial charge in [0.1, 0.15) is 11.5 Å². The average molecular weight is 676 g/mol. The molecule has 10 heteroatoms. The summed E-state index contributed by atoms with van der Waals surface area (Å²) >= 11 is 0. The largest absolute Gasteiger partial charge is 0.524 e. The van der Waals surface area contributed by atoms with Crippen molar-refractivity contribution < 1.29 is 37.6 Å². The Hall–Kier alpha value is -4.09. The molecule has 0 saturated heterocycles. The molecule has 1 aliphatic carbocycles. The molecule has 3 N–H and O–H groups in total. The third-order valence-corrected chi connectivity index (χ3v) is 8.87. The van der Waals surface area contributed by atoms with Crippen molar-refractivity contribution >= 4 is 25.3 Å². The number of phosphoric acid groups is 1. The molecule has 48 heavy (non-hydrogen) atoms. The number of alkyl halides is 1. The van der Waals surface area contributed by atoms with Crippen molar-refractivity contribution in [1.82, 2.24) is 5.32 Å². The molecule has 1 aliphatic rings. The number of ketones is 2. The number of hydrogen-bond acceptors (Lipinski definition) is 5. The van der Waals surface area contributed by atoms with Gasteiger partial charge in [-0.25, -0.2) is 8.96 Å². The van der Waals surface area contributed by atoms with Gasteiger partial charge < -0.3 is 9.84 Å². The molecule has 3 aromatic rings. The highest BCUT2D eigenvalue weighted by molar-refractivity contribution is 7.46. The van der Waals surface area contributed by atoms with Crippen LogP contribution in [0.25, 0.3) is 0 Å². The number of benzene rings is 3. The number of carbonyl (C=O) groups excluding carboxylic acids is 3. The van der Waals surface area contributed by atoms with Gasteiger partial charge in [-0.2, -0.15) is 0 Å². The fourth-order valence-electron chi connectivity index (χ4n) is 5.89. The minimum absolute atomic E-state index is 0.00164. The first-order valence-corrected chi connectivity index (χ1v) is 18.1. The van der Waals surface area contributed by atoms with E-state index in [0.717, 1.165) is 41.5 Å². The van der Waals surface area contributed by atoms with Crippen LogP contribution in [0.15, 0.2) is 66.7 Å². The fourth-order valence-corrected chi connectivity index (χ4v) is 6.32. The fraction of sp³-hybridized carbons (Fsp3) is 0.395. The van der Waals surface area contributed by atoms with Crippen LogP contribution in [0.5, 0.6) is 5.75 Å². The van der Waals surface area contributed by atoms with Crippen LogP contribution in [0.3, 0.4) is 0 Å². The van der Waals surface area contributed by atoms with Gasteiger partial charge in [0, 0.05) is 48.4 Å². The van der Waals surface area contributed by atoms with E-state index in [0.29, 0.717) is 57.1 Å². The first kappa shape index (κ1) is 36.7. The van der Waals surface area contributed by atoms with Gasteiger partial charge in [0.05, 0.1) is 0 Å². The SMILES string of the molecule is Cc1ccc(OP(=O)(O)O)c(C(F)C(=O)CCCCCCCNC(=O)CCCCC(=O)C2Cc3ccccc3C#Cc3ccccc32)c1. The Morgan fingerprint density at radius 2 is 1.52 bits per heavy atom. The van der Waals surface area contributed by atoms with Crippen LogP contribution < -0.4 is 9.84 Å². The van der Waals surface area contributed by atoms with Gasteiger partial charge in [-0.15, -0.1) is 0 Å². The maximum Gasteiger partial charge on any atom is 0.524 e. The highest BCUT2D eigenvalue weighted by Gasteiger charge is 2.27. The predicted octanol–water partition coefficient (Wildman–Crippen LogP) is 7.37. The second-order valence-corrected chi connectivity index (χ2v) is 13.4. The normalized spacial score (nSPS) is 14.3. The predicted molar refractivity (Wildman–Crippen MR) is 182 cm³/mol. The number of aryl methyl sites for hydroxylation is 1. The third-order valence-electron chi connectivity index (χ3n) is 8.44. The Morgan fingerprint density at radius 3 is 2.31 bits per heavy atom. The summed E-state index contributed by atoms with van der Waals surface area (Å²) in [5.41, 5.74) is 4.33. The molecule has 0 bridgehead atoms. The van der Waals surface area contributed by atoms with Crippen LogP contribution in [0.4, 0.5) is 4.39 Å². The molecule has 3 aromatic carbocycles. The van der Waals surface area contributed by atoms with E-state index in [4.69, 9.17) is 9.79 Å². The van der Waals surface area contributed by atoms with Crippen LogP contribution in [0.1, 0.15) is 110 Å². The Kier molecular flexibility index (Phi) is 13.7. The molecule has 8 nitrogen and oxygen atoms in total. The molecule has 0 radical (unpaired) electrons. The zero-order valence-electron chi connectivity index (χ0n) is 27.3. The third kappa shape index (κ3) is 11.3. The number of phosphoric ester groups is 1. The van der Waals surface area contributed by atoms with Gasteiger partial charge >= 0.3 is 7.82 Å². The van der Waals surface area contributed by atoms with Crippen molar-refractivity contribution in [2.24, 2.45) is 0 Å². The summed E-state index contributed by atoms with van der Waals surface area (Å²) in [5.74, 6) is 5.34. The summed E-state index contributed by atoms with van der Waals surface area (Å²) in [6, 6.07) is 19.9. The Labute approximate surface area is 281 Å². The Balaban J connectivity index is 1.09. The smallest absolute Gasteiger partial charge is 0.404 e. The van der Waals surface area contributed by atoms with E-state index in [-0.39, 0.29) is 35.3 Å². The molecule has 0 heterocycles. The molecule has 254 valence electrons. The molecule has 0 fully saturated rings. The van der Waals surface area contributed by atoms with Gasteiger partial charge in [-0.1, -0.05) is 79.1 Å². The number of Topliss-reactive ketones (excluding diaryl/α,β-unsaturated/α-hetero) is 2. The number of carbonyl (C=O) groups is 3. The Bertz CT molecular complexity index is 1710. The molecular formula is C38H43FNO7P. The Morgan fingerprint density at radius 1 is 0.875 bits per heavy atom. The van der Waals surface area contributed by atoms with Gasteiger partial charge in [0.25, 0.3) is 0 Å². The van der Waals surface area contributed by atoms with Crippen molar-refractivity contribution in [1.29, 1.82) is 0 Å². The highest BCUT2D eigenvalue weighted by atomic mass is 31.2. The van der Waals surface area contributed by atoms with Crippen molar-refractivity contribution in [2.75, 3.05) is 6.54 Å². The number of fused-ring (bicyclic) bond motifs is 2. The van der Waals surface area contributed by atoms with Crippen LogP contribution in [-0.2, 0) is 25.4 Å². The number of unbranched alkanes of at least 4 members (excludes halogenated alkanes) is 5. The first-order valence-electron chi connectivity index (χ1n) is 16.5. The summed E-state index contributed by atoms with van der Waals surface area (Å²) in [7, 11) is -4.90. The lowest BCUT2D eigenvalue weighted by Crippen LogP contribution is -2.24. The summed E-state index contributed by atoms with van der Waals surface area (Å²) in [6.07, 6.45) is 4.24. The van der Waals surface area contributed by atoms with E-state index >= 15 is 0 Å². The lowest BCUT2D eigenvalue weighted by Gasteiger charge is -2.20. The zero-order chi connectivity index (χ0) is 34.5. The molecule has 4 rings (SSSR count). The van der Waals surface area contributed by atoms with E-state index in [1.165, 1.54) is 18.2 Å². The maximum atomic E-state index is 14.9. The van der Waals surface area contributed by atoms with Crippen LogP contribution >= 0.6 is 7.82 Å². The maximum absolute atomic E-state index is 14.9. The molecule has 0 saturated carbocycles. The summed E-state index contributed by atoms with van der Waals surface area (Å²) in [5, 5.41) is 2.93. The van der Waals surface area contributed by atoms with Crippen molar-refractivity contribution in [3.63, 3.8) is 0 Å². The molecular weight excluding hydrogens is 632 g/mol. The van der Waals surface area contributed by atoms with Crippen molar-refractivity contribution in [2.45, 2.75) is 89.6 Å². The van der Waals surface area contributed by atoms with Gasteiger partial charge in [0.2, 0.25) is 5.91 Å². The van der Waals surface area contributed by atoms with E-state index in [9.17, 15) is 23.3 Å². The second kappa shape index (κ2) is 17.9. The van der Waals surface area contributed by atoms with Crippen molar-refractivity contribution in [3.05, 3.63) is 100 Å². The summed E-state index contributed by atoms with van der Waals surface area (Å²) in [6.45, 7) is 2.22. The van der Waals surface area contributed by atoms with E-state index in [2.05, 4.69) is 21.7 Å². The first-order chi connectivity index (χ1) is 23.0. The number of hydrogen-bond donors (Lipinski definition) is 3. The summed E-state index contributed by atoms with van der Waals surface area (Å²) in [4.78, 5) is 56.4. The summed E-state index contributed by atoms with van der Waals surface area (Å²) < 4.78 is 30.7. The zero-order valence-corrected chi connectivity index (χ0v) is 28.1. The van der Waals surface area contributed by atoms with E-state index in [1.807, 2.05) is 48.5 Å². The topological polar surface area (TPSA) is 130 Å². The second-order valence-electron chi connectivity index (χ2n) is 12.2. The van der Waals surface area contributed by atoms with Gasteiger partial charge in [-0.3, -0.25) is 24.2 Å². The molecule has 0 aromatic heterocycles. The molecule has 2 atom stereocenters. The van der Waals surface area contributed by atoms with Crippen LogP contribution in [0.2, 0.25) is 0 Å². The van der Waals surface area contributed by atoms with Gasteiger partial charge in [0.15, 0.2) is 12.0 Å². The van der Waals surface area contributed by atoms with Crippen LogP contribution in [0, 0.1) is 18.8 Å². The van der Waals surface area contributed by atoms with E-state index in [1.54, 1.807) is 6.92 Å². The molecule has 0 spiro atoms. The minimum atomic E-state index is -4.90. The highest BCUT2D eigenvalue weighted by Crippen LogP contribution is 2.42. The van der Waals surface area contributed by atoms with Gasteiger partial charge in [-0.05, 0) is 74.4 Å². The monoisotopic (exact) mass is 675 g/mol. The quantitative estimate of drug-likeness (QED) is 0.0729. The van der Waals surface area contributed by atoms with Crippen molar-refractivity contribution in [3.8, 4) is 17.6 Å². The molecule has 0 aliphatic heterocycles. The number of halogens is 1. The lowest BCUT2D eigenvalue weighted by atomic mass is 9.82. The number of nitrogens with one attached hydrogen (secondary N) is 1. The standard InChI is InChI=1S/C38H43FNO7P/c1-27-20-23-36(47-48(44,45)46)33(25-27)38(39)35(42)18-5-3-2-4-12-24-40-37(43)19-11-10-17-34(41)32-26-30-15-7-6-13-28(30)21-22-29-14-8-9-16-31(29)32/h6-9,13-16,20,23,25,32,38H,2-5,10-12,17-19,24,26H2,1H3,(H,40,43)(H2,44,45,46). The molecule has 2 unspecified atom stereocenters.